The molecule has 0 saturated heterocycles. The van der Waals surface area contributed by atoms with Gasteiger partial charge < -0.3 is 22.1 Å². The number of alkyl halides is 2. The molecule has 0 saturated carbocycles. The van der Waals surface area contributed by atoms with Crippen LogP contribution in [0.3, 0.4) is 0 Å². The first-order chi connectivity index (χ1) is 47.8. The molecule has 0 radical (unpaired) electrons. The van der Waals surface area contributed by atoms with Crippen LogP contribution < -0.4 is 56.9 Å². The summed E-state index contributed by atoms with van der Waals surface area (Å²) in [5.74, 6) is -4.54. The highest BCUT2D eigenvalue weighted by Gasteiger charge is 2.15. The van der Waals surface area contributed by atoms with Crippen LogP contribution in [-0.2, 0) is 32.0 Å². The smallest absolute Gasteiger partial charge is 0.372 e. The van der Waals surface area contributed by atoms with Gasteiger partial charge in [-0.2, -0.15) is 0 Å². The molecule has 0 unspecified atom stereocenters. The van der Waals surface area contributed by atoms with Gasteiger partial charge >= 0.3 is 56.9 Å². The SMILES string of the molecule is C.C.CI.Cn1c(=O)oc(=O)c2cc(Cl)ccc21.Fc1ccc(CBr)cc1.O=c1[nH]c2ccc(Cl)cc2c(=O)o1.O=c1oc(=O)n(Cc2ccc(F)cc2)c2ccc(Cl)cc12.O=c1oc(=O)n(Cc2ccc(F)cc2)c2ccc(Cl)cc12.O=c1oc(=O)n(Cc2ccccc2)c2ccc(Cl)cc12. The Morgan fingerprint density at radius 3 is 1.00 bits per heavy atom. The number of nitrogens with one attached hydrogen (secondary N) is 1. The molecular formula is C72H55BrCl5F3IN5O15. The quantitative estimate of drug-likeness (QED) is 0.115. The third-order valence-corrected chi connectivity index (χ3v) is 15.8. The minimum absolute atomic E-state index is 0. The molecule has 1 N–H and O–H groups in total. The van der Waals surface area contributed by atoms with Crippen LogP contribution in [0, 0.1) is 17.5 Å². The maximum atomic E-state index is 12.9. The number of halogens is 10. The lowest BCUT2D eigenvalue weighted by molar-refractivity contribution is 0.424. The summed E-state index contributed by atoms with van der Waals surface area (Å²) in [7, 11) is 1.53. The number of hydrogen-bond acceptors (Lipinski definition) is 15. The van der Waals surface area contributed by atoms with Crippen molar-refractivity contribution < 1.29 is 35.3 Å². The molecule has 0 aliphatic carbocycles. The minimum Gasteiger partial charge on any atom is -0.372 e. The second kappa shape index (κ2) is 37.7. The van der Waals surface area contributed by atoms with Gasteiger partial charge in [-0.1, -0.05) is 178 Å². The third kappa shape index (κ3) is 21.4. The molecule has 14 rings (SSSR count). The highest BCUT2D eigenvalue weighted by molar-refractivity contribution is 14.1. The van der Waals surface area contributed by atoms with E-state index in [4.69, 9.17) is 71.3 Å². The predicted molar refractivity (Wildman–Crippen MR) is 405 cm³/mol. The molecule has 0 amide bonds. The van der Waals surface area contributed by atoms with E-state index in [-0.39, 0.29) is 61.6 Å². The summed E-state index contributed by atoms with van der Waals surface area (Å²) in [6, 6.07) is 50.7. The molecule has 30 heteroatoms. The van der Waals surface area contributed by atoms with Crippen LogP contribution in [0.1, 0.15) is 37.1 Å². The van der Waals surface area contributed by atoms with E-state index in [0.29, 0.717) is 81.1 Å². The van der Waals surface area contributed by atoms with Gasteiger partial charge in [-0.05, 0) is 155 Å². The first-order valence-electron chi connectivity index (χ1n) is 28.7. The van der Waals surface area contributed by atoms with Crippen molar-refractivity contribution >= 4 is 151 Å². The molecule has 0 spiro atoms. The number of nitrogens with zero attached hydrogens (tertiary/aromatic N) is 4. The second-order valence-corrected chi connectivity index (χ2v) is 23.3. The Kier molecular flexibility index (Phi) is 30.0. The van der Waals surface area contributed by atoms with Crippen molar-refractivity contribution in [2.75, 3.05) is 4.93 Å². The fraction of sp³-hybridized carbons (Fsp3) is 0.111. The molecule has 5 aromatic heterocycles. The molecule has 528 valence electrons. The van der Waals surface area contributed by atoms with E-state index in [1.165, 1.54) is 92.0 Å². The zero-order valence-electron chi connectivity index (χ0n) is 51.5. The number of benzene rings is 9. The summed E-state index contributed by atoms with van der Waals surface area (Å²) in [5, 5.41) is 4.15. The Morgan fingerprint density at radius 1 is 0.363 bits per heavy atom. The lowest BCUT2D eigenvalue weighted by atomic mass is 10.2. The van der Waals surface area contributed by atoms with Gasteiger partial charge in [0.25, 0.3) is 0 Å². The molecule has 0 atom stereocenters. The van der Waals surface area contributed by atoms with Gasteiger partial charge in [0.05, 0.1) is 74.1 Å². The van der Waals surface area contributed by atoms with Crippen molar-refractivity contribution in [3.8, 4) is 0 Å². The second-order valence-electron chi connectivity index (χ2n) is 20.6. The molecule has 0 fully saturated rings. The molecule has 5 heterocycles. The van der Waals surface area contributed by atoms with Gasteiger partial charge in [-0.3, -0.25) is 23.3 Å². The van der Waals surface area contributed by atoms with Gasteiger partial charge in [-0.25, -0.2) is 61.1 Å². The summed E-state index contributed by atoms with van der Waals surface area (Å²) in [5.41, 5.74) is 2.28. The Labute approximate surface area is 620 Å². The van der Waals surface area contributed by atoms with Crippen LogP contribution in [0.25, 0.3) is 54.5 Å². The summed E-state index contributed by atoms with van der Waals surface area (Å²) in [6.07, 6.45) is 0. The van der Waals surface area contributed by atoms with Crippen LogP contribution >= 0.6 is 96.5 Å². The van der Waals surface area contributed by atoms with E-state index in [1.54, 1.807) is 97.1 Å². The molecule has 9 aromatic carbocycles. The van der Waals surface area contributed by atoms with Crippen LogP contribution in [-0.4, -0.2) is 28.2 Å². The van der Waals surface area contributed by atoms with Crippen molar-refractivity contribution in [2.24, 2.45) is 7.05 Å². The average Bonchev–Trinajstić information content (AvgIpc) is 0.801. The van der Waals surface area contributed by atoms with Crippen molar-refractivity contribution in [1.82, 2.24) is 23.3 Å². The molecular weight excluding hydrogens is 1620 g/mol. The van der Waals surface area contributed by atoms with Crippen LogP contribution in [0.4, 0.5) is 13.2 Å². The first-order valence-corrected chi connectivity index (χ1v) is 33.8. The number of aromatic nitrogens is 5. The largest absolute Gasteiger partial charge is 0.422 e. The topological polar surface area (TPSA) is 272 Å². The average molecular weight is 1670 g/mol. The number of aromatic amines is 1. The first kappa shape index (κ1) is 81.1. The molecule has 0 aliphatic rings. The van der Waals surface area contributed by atoms with Crippen molar-refractivity contribution in [1.29, 1.82) is 0 Å². The van der Waals surface area contributed by atoms with Crippen LogP contribution in [0.15, 0.2) is 264 Å². The molecule has 0 aliphatic heterocycles. The number of aryl methyl sites for hydroxylation is 1. The fourth-order valence-corrected chi connectivity index (χ4v) is 10.5. The van der Waals surface area contributed by atoms with Gasteiger partial charge in [0, 0.05) is 37.5 Å². The highest BCUT2D eigenvalue weighted by Crippen LogP contribution is 2.21. The Hall–Kier alpha value is -9.87. The van der Waals surface area contributed by atoms with E-state index in [0.717, 1.165) is 16.5 Å². The van der Waals surface area contributed by atoms with Crippen LogP contribution in [0.5, 0.6) is 0 Å². The Balaban J connectivity index is 0.000000194. The van der Waals surface area contributed by atoms with E-state index < -0.39 is 56.9 Å². The molecule has 0 bridgehead atoms. The monoisotopic (exact) mass is 1670 g/mol. The minimum atomic E-state index is -0.765. The molecule has 14 aromatic rings. The normalized spacial score (nSPS) is 10.4. The number of rotatable bonds is 7. The number of fused-ring (bicyclic) bond motifs is 5. The Morgan fingerprint density at radius 2 is 0.647 bits per heavy atom. The van der Waals surface area contributed by atoms with E-state index in [1.807, 2.05) is 35.3 Å². The predicted octanol–water partition coefficient (Wildman–Crippen LogP) is 15.6. The zero-order chi connectivity index (χ0) is 72.5. The number of hydrogen-bond donors (Lipinski definition) is 1. The van der Waals surface area contributed by atoms with Gasteiger partial charge in [0.2, 0.25) is 0 Å². The highest BCUT2D eigenvalue weighted by atomic mass is 127. The standard InChI is InChI=1S/2C15H9ClFNO3.C15H10ClNO3.C9H6ClNO3.C8H4ClNO3.C7H6BrF.CH3I.2CH4/c2*16-10-3-6-13-12(7-10)14(19)21-15(20)18(13)8-9-1-4-11(17)5-2-9;16-11-6-7-13-12(8-11)14(18)20-15(19)17(13)9-10-4-2-1-3-5-10;1-11-7-3-2-5(10)4-6(7)8(12)14-9(11)13;9-4-1-2-6-5(3-4)7(11)13-8(12)10-6;8-5-6-1-3-7(9)4-2-6;1-2;;/h2*1-7H,8H2;1-8H,9H2;2-4H,1H3;1-3H,(H,10,12);1-4H,5H2;1H3;2*1H4. The van der Waals surface area contributed by atoms with Crippen LogP contribution in [0.2, 0.25) is 25.1 Å². The fourth-order valence-electron chi connectivity index (χ4n) is 9.25. The lowest BCUT2D eigenvalue weighted by Gasteiger charge is -2.08. The molecule has 102 heavy (non-hydrogen) atoms. The van der Waals surface area contributed by atoms with E-state index >= 15 is 0 Å². The van der Waals surface area contributed by atoms with E-state index in [2.05, 4.69) is 52.3 Å². The van der Waals surface area contributed by atoms with E-state index in [9.17, 15) is 61.1 Å². The third-order valence-electron chi connectivity index (χ3n) is 14.0. The Bertz CT molecular complexity index is 5770. The van der Waals surface area contributed by atoms with Gasteiger partial charge in [-0.15, -0.1) is 0 Å². The zero-order valence-corrected chi connectivity index (χ0v) is 59.0. The number of H-pyrrole nitrogens is 1. The summed E-state index contributed by atoms with van der Waals surface area (Å²) in [6.45, 7) is 0.670. The molecule has 20 nitrogen and oxygen atoms in total. The van der Waals surface area contributed by atoms with Crippen molar-refractivity contribution in [3.05, 3.63) is 364 Å². The van der Waals surface area contributed by atoms with Crippen molar-refractivity contribution in [3.63, 3.8) is 0 Å². The maximum Gasteiger partial charge on any atom is 0.422 e. The summed E-state index contributed by atoms with van der Waals surface area (Å²) in [4.78, 5) is 119. The lowest BCUT2D eigenvalue weighted by Crippen LogP contribution is -2.25. The van der Waals surface area contributed by atoms with Gasteiger partial charge in [0.1, 0.15) is 17.5 Å². The summed E-state index contributed by atoms with van der Waals surface area (Å²) >= 11 is 34.4. The maximum absolute atomic E-state index is 12.9. The summed E-state index contributed by atoms with van der Waals surface area (Å²) < 4.78 is 66.2. The van der Waals surface area contributed by atoms with Gasteiger partial charge in [0.15, 0.2) is 0 Å². The van der Waals surface area contributed by atoms with Crippen molar-refractivity contribution in [2.45, 2.75) is 39.8 Å².